The first-order valence-corrected chi connectivity index (χ1v) is 6.45. The Labute approximate surface area is 122 Å². The molecule has 1 aromatic rings. The molecule has 6 heteroatoms. The molecule has 0 saturated carbocycles. The highest BCUT2D eigenvalue weighted by molar-refractivity contribution is 5.93. The van der Waals surface area contributed by atoms with Crippen LogP contribution in [0.25, 0.3) is 5.57 Å². The van der Waals surface area contributed by atoms with E-state index in [9.17, 15) is 14.7 Å². The number of amides is 1. The first-order chi connectivity index (χ1) is 9.88. The third kappa shape index (κ3) is 2.69. The summed E-state index contributed by atoms with van der Waals surface area (Å²) >= 11 is 0. The molecule has 0 fully saturated rings. The molecule has 1 aliphatic rings. The van der Waals surface area contributed by atoms with Gasteiger partial charge in [-0.25, -0.2) is 4.79 Å². The topological polar surface area (TPSA) is 87.1 Å². The summed E-state index contributed by atoms with van der Waals surface area (Å²) in [5.74, 6) is -0.366. The van der Waals surface area contributed by atoms with E-state index < -0.39 is 17.5 Å². The quantitative estimate of drug-likeness (QED) is 0.891. The maximum Gasteiger partial charge on any atom is 0.407 e. The van der Waals surface area contributed by atoms with E-state index in [1.54, 1.807) is 44.4 Å². The molecule has 2 N–H and O–H groups in total. The number of rotatable bonds is 3. The summed E-state index contributed by atoms with van der Waals surface area (Å²) in [6, 6.07) is 7.06. The van der Waals surface area contributed by atoms with E-state index in [1.165, 1.54) is 0 Å². The molecule has 0 aliphatic carbocycles. The fraction of sp³-hybridized carbons (Fsp3) is 0.333. The Morgan fingerprint density at radius 2 is 1.86 bits per heavy atom. The molecule has 21 heavy (non-hydrogen) atoms. The Morgan fingerprint density at radius 3 is 2.33 bits per heavy atom. The summed E-state index contributed by atoms with van der Waals surface area (Å²) in [5.41, 5.74) is 0.103. The number of carboxylic acid groups (broad SMARTS) is 2. The number of benzene rings is 1. The molecular weight excluding hydrogens is 274 g/mol. The van der Waals surface area contributed by atoms with Crippen LogP contribution in [0.15, 0.2) is 30.3 Å². The van der Waals surface area contributed by atoms with Crippen LogP contribution in [0.5, 0.6) is 5.75 Å². The van der Waals surface area contributed by atoms with E-state index in [0.29, 0.717) is 11.3 Å². The molecule has 1 unspecified atom stereocenters. The zero-order chi connectivity index (χ0) is 15.6. The Kier molecular flexibility index (Phi) is 3.88. The fourth-order valence-corrected chi connectivity index (χ4v) is 2.49. The van der Waals surface area contributed by atoms with E-state index >= 15 is 0 Å². The van der Waals surface area contributed by atoms with E-state index in [4.69, 9.17) is 9.84 Å². The van der Waals surface area contributed by atoms with Crippen molar-refractivity contribution in [1.29, 1.82) is 0 Å². The number of ether oxygens (including phenoxy) is 1. The molecular formula is C15H17NO5. The van der Waals surface area contributed by atoms with E-state index in [-0.39, 0.29) is 13.1 Å². The lowest BCUT2D eigenvalue weighted by Gasteiger charge is -2.37. The second-order valence-electron chi connectivity index (χ2n) is 5.15. The van der Waals surface area contributed by atoms with Crippen LogP contribution in [-0.2, 0) is 4.79 Å². The van der Waals surface area contributed by atoms with Crippen LogP contribution >= 0.6 is 0 Å². The minimum absolute atomic E-state index is 0.0739. The number of aliphatic carboxylic acids is 1. The minimum Gasteiger partial charge on any atom is -0.497 e. The Hall–Kier alpha value is -2.50. The average Bonchev–Trinajstić information content (AvgIpc) is 2.47. The highest BCUT2D eigenvalue weighted by Gasteiger charge is 2.43. The Bertz CT molecular complexity index is 593. The van der Waals surface area contributed by atoms with Crippen molar-refractivity contribution in [3.8, 4) is 5.75 Å². The molecule has 6 nitrogen and oxygen atoms in total. The molecule has 1 aromatic carbocycles. The molecule has 1 aliphatic heterocycles. The van der Waals surface area contributed by atoms with Gasteiger partial charge in [-0.05, 0) is 30.2 Å². The zero-order valence-corrected chi connectivity index (χ0v) is 11.9. The lowest BCUT2D eigenvalue weighted by Crippen LogP contribution is -2.47. The summed E-state index contributed by atoms with van der Waals surface area (Å²) < 4.78 is 5.08. The molecule has 0 radical (unpaired) electrons. The van der Waals surface area contributed by atoms with Gasteiger partial charge in [0.1, 0.15) is 11.2 Å². The maximum absolute atomic E-state index is 11.7. The summed E-state index contributed by atoms with van der Waals surface area (Å²) in [6.07, 6.45) is 0.542. The number of methoxy groups -OCH3 is 1. The summed E-state index contributed by atoms with van der Waals surface area (Å²) in [6.45, 7) is 1.65. The first-order valence-electron chi connectivity index (χ1n) is 6.45. The largest absolute Gasteiger partial charge is 0.497 e. The lowest BCUT2D eigenvalue weighted by molar-refractivity contribution is -0.145. The first kappa shape index (κ1) is 14.9. The zero-order valence-electron chi connectivity index (χ0n) is 11.9. The monoisotopic (exact) mass is 291 g/mol. The van der Waals surface area contributed by atoms with Gasteiger partial charge in [0.2, 0.25) is 0 Å². The predicted molar refractivity (Wildman–Crippen MR) is 76.3 cm³/mol. The van der Waals surface area contributed by atoms with Crippen molar-refractivity contribution in [2.24, 2.45) is 5.41 Å². The van der Waals surface area contributed by atoms with Crippen LogP contribution in [0.3, 0.4) is 0 Å². The second kappa shape index (κ2) is 5.47. The lowest BCUT2D eigenvalue weighted by atomic mass is 9.76. The van der Waals surface area contributed by atoms with E-state index in [2.05, 4.69) is 0 Å². The molecule has 112 valence electrons. The standard InChI is InChI=1S/C15H17NO5/c1-15(13(17)18)9-16(14(19)20)8-7-12(15)10-3-5-11(21-2)6-4-10/h3-7H,8-9H2,1-2H3,(H,17,18)(H,19,20). The fourth-order valence-electron chi connectivity index (χ4n) is 2.49. The molecule has 0 bridgehead atoms. The smallest absolute Gasteiger partial charge is 0.407 e. The van der Waals surface area contributed by atoms with Crippen molar-refractivity contribution >= 4 is 17.6 Å². The highest BCUT2D eigenvalue weighted by Crippen LogP contribution is 2.39. The van der Waals surface area contributed by atoms with Crippen molar-refractivity contribution < 1.29 is 24.5 Å². The van der Waals surface area contributed by atoms with Crippen LogP contribution in [0, 0.1) is 5.41 Å². The van der Waals surface area contributed by atoms with Crippen LogP contribution in [0.1, 0.15) is 12.5 Å². The van der Waals surface area contributed by atoms with Gasteiger partial charge in [-0.15, -0.1) is 0 Å². The van der Waals surface area contributed by atoms with Gasteiger partial charge >= 0.3 is 12.1 Å². The molecule has 0 aromatic heterocycles. The predicted octanol–water partition coefficient (Wildman–Crippen LogP) is 2.16. The SMILES string of the molecule is COc1ccc(C2=CCN(C(=O)O)CC2(C)C(=O)O)cc1. The van der Waals surface area contributed by atoms with Crippen LogP contribution in [0.2, 0.25) is 0 Å². The highest BCUT2D eigenvalue weighted by atomic mass is 16.5. The second-order valence-corrected chi connectivity index (χ2v) is 5.15. The van der Waals surface area contributed by atoms with Crippen molar-refractivity contribution in [3.05, 3.63) is 35.9 Å². The van der Waals surface area contributed by atoms with Gasteiger partial charge in [0, 0.05) is 13.1 Å². The molecule has 2 rings (SSSR count). The van der Waals surface area contributed by atoms with Gasteiger partial charge in [0.05, 0.1) is 7.11 Å². The molecule has 0 spiro atoms. The molecule has 1 amide bonds. The normalized spacial score (nSPS) is 21.6. The number of hydrogen-bond acceptors (Lipinski definition) is 3. The van der Waals surface area contributed by atoms with Gasteiger partial charge in [-0.1, -0.05) is 18.2 Å². The number of hydrogen-bond donors (Lipinski definition) is 2. The molecule has 0 saturated heterocycles. The third-order valence-corrected chi connectivity index (χ3v) is 3.76. The third-order valence-electron chi connectivity index (χ3n) is 3.76. The van der Waals surface area contributed by atoms with Crippen LogP contribution < -0.4 is 4.74 Å². The van der Waals surface area contributed by atoms with Gasteiger partial charge < -0.3 is 19.8 Å². The van der Waals surface area contributed by atoms with Crippen molar-refractivity contribution in [1.82, 2.24) is 4.90 Å². The van der Waals surface area contributed by atoms with E-state index in [1.807, 2.05) is 0 Å². The number of carbonyl (C=O) groups is 2. The Morgan fingerprint density at radius 1 is 1.24 bits per heavy atom. The summed E-state index contributed by atoms with van der Waals surface area (Å²) in [5, 5.41) is 18.6. The summed E-state index contributed by atoms with van der Waals surface area (Å²) in [7, 11) is 1.56. The van der Waals surface area contributed by atoms with Gasteiger partial charge in [0.25, 0.3) is 0 Å². The molecule has 1 heterocycles. The van der Waals surface area contributed by atoms with Crippen LogP contribution in [-0.4, -0.2) is 47.4 Å². The van der Waals surface area contributed by atoms with Gasteiger partial charge in [-0.3, -0.25) is 4.79 Å². The minimum atomic E-state index is -1.27. The van der Waals surface area contributed by atoms with Crippen LogP contribution in [0.4, 0.5) is 4.79 Å². The molecule has 1 atom stereocenters. The number of carboxylic acids is 1. The maximum atomic E-state index is 11.7. The van der Waals surface area contributed by atoms with E-state index in [0.717, 1.165) is 10.5 Å². The Balaban J connectivity index is 2.43. The van der Waals surface area contributed by atoms with Crippen molar-refractivity contribution in [2.75, 3.05) is 20.2 Å². The van der Waals surface area contributed by atoms with Crippen molar-refractivity contribution in [2.45, 2.75) is 6.92 Å². The van der Waals surface area contributed by atoms with Gasteiger partial charge in [0.15, 0.2) is 0 Å². The van der Waals surface area contributed by atoms with Gasteiger partial charge in [-0.2, -0.15) is 0 Å². The van der Waals surface area contributed by atoms with Crippen molar-refractivity contribution in [3.63, 3.8) is 0 Å². The summed E-state index contributed by atoms with van der Waals surface area (Å²) in [4.78, 5) is 23.8. The number of nitrogens with zero attached hydrogens (tertiary/aromatic N) is 1. The average molecular weight is 291 g/mol.